The van der Waals surface area contributed by atoms with Gasteiger partial charge < -0.3 is 0 Å². The largest absolute Gasteiger partial charge is 0.224 e. The molecule has 14 heavy (non-hydrogen) atoms. The average Bonchev–Trinajstić information content (AvgIpc) is 2.60. The standard InChI is InChI=1S/C9H5FN2S2/c1-13-9-5(10)2-3-6-8(9)12-7(4-11)14-6/h2-3H,1H3. The van der Waals surface area contributed by atoms with E-state index in [9.17, 15) is 4.39 Å². The molecule has 2 nitrogen and oxygen atoms in total. The summed E-state index contributed by atoms with van der Waals surface area (Å²) in [6.07, 6.45) is 1.79. The van der Waals surface area contributed by atoms with Crippen molar-refractivity contribution in [2.24, 2.45) is 0 Å². The molecule has 5 heteroatoms. The summed E-state index contributed by atoms with van der Waals surface area (Å²) in [4.78, 5) is 4.57. The highest BCUT2D eigenvalue weighted by molar-refractivity contribution is 7.98. The molecule has 0 aliphatic carbocycles. The number of thioether (sulfide) groups is 1. The van der Waals surface area contributed by atoms with Gasteiger partial charge in [0.15, 0.2) is 5.01 Å². The maximum Gasteiger partial charge on any atom is 0.195 e. The van der Waals surface area contributed by atoms with Crippen LogP contribution in [0.2, 0.25) is 0 Å². The Hall–Kier alpha value is -1.12. The molecule has 1 heterocycles. The molecule has 0 aliphatic heterocycles. The molecule has 1 aromatic heterocycles. The van der Waals surface area contributed by atoms with Crippen LogP contribution in [0.1, 0.15) is 5.01 Å². The molecule has 0 amide bonds. The Morgan fingerprint density at radius 3 is 3.00 bits per heavy atom. The highest BCUT2D eigenvalue weighted by Crippen LogP contribution is 2.31. The van der Waals surface area contributed by atoms with Gasteiger partial charge in [0.25, 0.3) is 0 Å². The number of nitrogens with zero attached hydrogens (tertiary/aromatic N) is 2. The zero-order valence-electron chi connectivity index (χ0n) is 7.24. The number of thiazole rings is 1. The van der Waals surface area contributed by atoms with E-state index in [-0.39, 0.29) is 5.82 Å². The summed E-state index contributed by atoms with van der Waals surface area (Å²) < 4.78 is 14.1. The van der Waals surface area contributed by atoms with E-state index < -0.39 is 0 Å². The van der Waals surface area contributed by atoms with Crippen molar-refractivity contribution in [3.63, 3.8) is 0 Å². The molecule has 0 saturated carbocycles. The topological polar surface area (TPSA) is 36.7 Å². The van der Waals surface area contributed by atoms with Crippen molar-refractivity contribution in [1.82, 2.24) is 4.98 Å². The molecule has 0 N–H and O–H groups in total. The van der Waals surface area contributed by atoms with Gasteiger partial charge in [0.1, 0.15) is 11.9 Å². The minimum absolute atomic E-state index is 0.278. The van der Waals surface area contributed by atoms with E-state index in [0.29, 0.717) is 15.4 Å². The third-order valence-corrected chi connectivity index (χ3v) is 3.49. The third kappa shape index (κ3) is 1.37. The molecule has 0 fully saturated rings. The normalized spacial score (nSPS) is 10.4. The van der Waals surface area contributed by atoms with E-state index in [2.05, 4.69) is 4.98 Å². The minimum Gasteiger partial charge on any atom is -0.224 e. The molecule has 0 atom stereocenters. The number of benzene rings is 1. The van der Waals surface area contributed by atoms with Gasteiger partial charge in [0.05, 0.1) is 15.1 Å². The lowest BCUT2D eigenvalue weighted by Crippen LogP contribution is -1.81. The lowest BCUT2D eigenvalue weighted by atomic mass is 10.3. The Morgan fingerprint density at radius 2 is 2.36 bits per heavy atom. The summed E-state index contributed by atoms with van der Waals surface area (Å²) in [6, 6.07) is 5.03. The van der Waals surface area contributed by atoms with Gasteiger partial charge in [-0.05, 0) is 18.4 Å². The van der Waals surface area contributed by atoms with Crippen molar-refractivity contribution >= 4 is 33.3 Å². The molecule has 2 aromatic rings. The number of fused-ring (bicyclic) bond motifs is 1. The van der Waals surface area contributed by atoms with E-state index in [4.69, 9.17) is 5.26 Å². The Bertz CT molecular complexity index is 527. The second kappa shape index (κ2) is 3.56. The number of hydrogen-bond acceptors (Lipinski definition) is 4. The second-order valence-electron chi connectivity index (χ2n) is 2.56. The average molecular weight is 224 g/mol. The summed E-state index contributed by atoms with van der Waals surface area (Å²) in [5, 5.41) is 9.04. The summed E-state index contributed by atoms with van der Waals surface area (Å²) >= 11 is 2.59. The van der Waals surface area contributed by atoms with Crippen molar-refractivity contribution in [3.8, 4) is 6.07 Å². The van der Waals surface area contributed by atoms with Crippen molar-refractivity contribution < 1.29 is 4.39 Å². The lowest BCUT2D eigenvalue weighted by molar-refractivity contribution is 0.605. The molecule has 70 valence electrons. The van der Waals surface area contributed by atoms with Crippen molar-refractivity contribution in [2.45, 2.75) is 4.90 Å². The first-order chi connectivity index (χ1) is 6.76. The highest BCUT2D eigenvalue weighted by atomic mass is 32.2. The first-order valence-electron chi connectivity index (χ1n) is 3.79. The zero-order chi connectivity index (χ0) is 10.1. The number of hydrogen-bond donors (Lipinski definition) is 0. The van der Waals surface area contributed by atoms with E-state index in [1.807, 2.05) is 6.07 Å². The molecule has 0 radical (unpaired) electrons. The van der Waals surface area contributed by atoms with Gasteiger partial charge in [0, 0.05) is 0 Å². The van der Waals surface area contributed by atoms with Crippen LogP contribution < -0.4 is 0 Å². The fraction of sp³-hybridized carbons (Fsp3) is 0.111. The first-order valence-corrected chi connectivity index (χ1v) is 5.83. The number of rotatable bonds is 1. The molecular formula is C9H5FN2S2. The van der Waals surface area contributed by atoms with Crippen molar-refractivity contribution in [3.05, 3.63) is 23.0 Å². The van der Waals surface area contributed by atoms with E-state index in [0.717, 1.165) is 4.70 Å². The van der Waals surface area contributed by atoms with Crippen LogP contribution >= 0.6 is 23.1 Å². The fourth-order valence-electron chi connectivity index (χ4n) is 1.19. The Kier molecular flexibility index (Phi) is 2.40. The molecule has 0 unspecified atom stereocenters. The van der Waals surface area contributed by atoms with Crippen LogP contribution in [0.15, 0.2) is 17.0 Å². The molecule has 0 spiro atoms. The second-order valence-corrected chi connectivity index (χ2v) is 4.41. The quantitative estimate of drug-likeness (QED) is 0.699. The Morgan fingerprint density at radius 1 is 1.57 bits per heavy atom. The monoisotopic (exact) mass is 224 g/mol. The van der Waals surface area contributed by atoms with Gasteiger partial charge in [-0.15, -0.1) is 23.1 Å². The molecule has 0 aliphatic rings. The number of aromatic nitrogens is 1. The van der Waals surface area contributed by atoms with E-state index >= 15 is 0 Å². The van der Waals surface area contributed by atoms with Crippen molar-refractivity contribution in [1.29, 1.82) is 5.26 Å². The van der Waals surface area contributed by atoms with Gasteiger partial charge in [-0.3, -0.25) is 0 Å². The van der Waals surface area contributed by atoms with Crippen LogP contribution in [0.4, 0.5) is 4.39 Å². The van der Waals surface area contributed by atoms with Crippen molar-refractivity contribution in [2.75, 3.05) is 6.26 Å². The Labute approximate surface area is 88.4 Å². The number of nitriles is 1. The summed E-state index contributed by atoms with van der Waals surface area (Å²) in [5.74, 6) is -0.278. The zero-order valence-corrected chi connectivity index (χ0v) is 8.88. The smallest absolute Gasteiger partial charge is 0.195 e. The minimum atomic E-state index is -0.278. The predicted octanol–water partition coefficient (Wildman–Crippen LogP) is 3.03. The molecule has 2 rings (SSSR count). The van der Waals surface area contributed by atoms with Crippen LogP contribution in [-0.4, -0.2) is 11.2 Å². The van der Waals surface area contributed by atoms with Gasteiger partial charge >= 0.3 is 0 Å². The first kappa shape index (κ1) is 9.44. The summed E-state index contributed by atoms with van der Waals surface area (Å²) in [7, 11) is 0. The molecule has 0 saturated heterocycles. The van der Waals surface area contributed by atoms with E-state index in [1.165, 1.54) is 29.2 Å². The lowest BCUT2D eigenvalue weighted by Gasteiger charge is -1.98. The van der Waals surface area contributed by atoms with Crippen LogP contribution in [0.5, 0.6) is 0 Å². The van der Waals surface area contributed by atoms with Crippen LogP contribution in [0.3, 0.4) is 0 Å². The maximum atomic E-state index is 13.3. The van der Waals surface area contributed by atoms with Gasteiger partial charge in [-0.2, -0.15) is 5.26 Å². The molecule has 0 bridgehead atoms. The SMILES string of the molecule is CSc1c(F)ccc2sc(C#N)nc12. The van der Waals surface area contributed by atoms with Gasteiger partial charge in [-0.25, -0.2) is 9.37 Å². The fourth-order valence-corrected chi connectivity index (χ4v) is 2.64. The predicted molar refractivity (Wildman–Crippen MR) is 56.1 cm³/mol. The maximum absolute atomic E-state index is 13.3. The van der Waals surface area contributed by atoms with Crippen LogP contribution in [-0.2, 0) is 0 Å². The number of halogens is 1. The van der Waals surface area contributed by atoms with Crippen LogP contribution in [0.25, 0.3) is 10.2 Å². The molecule has 1 aromatic carbocycles. The van der Waals surface area contributed by atoms with Gasteiger partial charge in [-0.1, -0.05) is 0 Å². The third-order valence-electron chi connectivity index (χ3n) is 1.77. The highest BCUT2D eigenvalue weighted by Gasteiger charge is 2.11. The summed E-state index contributed by atoms with van der Waals surface area (Å²) in [6.45, 7) is 0. The summed E-state index contributed by atoms with van der Waals surface area (Å²) in [5.41, 5.74) is 0.596. The van der Waals surface area contributed by atoms with E-state index in [1.54, 1.807) is 12.3 Å². The van der Waals surface area contributed by atoms with Gasteiger partial charge in [0.2, 0.25) is 0 Å². The Balaban J connectivity index is 2.81. The van der Waals surface area contributed by atoms with Crippen LogP contribution in [0, 0.1) is 17.1 Å². The molecular weight excluding hydrogens is 219 g/mol.